The summed E-state index contributed by atoms with van der Waals surface area (Å²) in [6.07, 6.45) is 2.65. The molecule has 1 aromatic rings. The second-order valence-corrected chi connectivity index (χ2v) is 7.33. The predicted octanol–water partition coefficient (Wildman–Crippen LogP) is 3.27. The highest BCUT2D eigenvalue weighted by Gasteiger charge is 2.30. The summed E-state index contributed by atoms with van der Waals surface area (Å²) >= 11 is 1.50. The van der Waals surface area contributed by atoms with Gasteiger partial charge in [-0.25, -0.2) is 4.79 Å². The van der Waals surface area contributed by atoms with E-state index in [1.54, 1.807) is 11.0 Å². The molecule has 122 valence electrons. The third-order valence-corrected chi connectivity index (χ3v) is 4.22. The summed E-state index contributed by atoms with van der Waals surface area (Å²) in [5.74, 6) is -0.0871. The molecule has 1 atom stereocenters. The molecule has 22 heavy (non-hydrogen) atoms. The zero-order valence-corrected chi connectivity index (χ0v) is 14.2. The molecule has 1 aliphatic heterocycles. The van der Waals surface area contributed by atoms with Crippen molar-refractivity contribution in [2.45, 2.75) is 51.7 Å². The molecule has 1 saturated heterocycles. The first-order chi connectivity index (χ1) is 10.4. The van der Waals surface area contributed by atoms with Crippen LogP contribution in [0.5, 0.6) is 0 Å². The Balaban J connectivity index is 1.92. The number of ether oxygens (including phenoxy) is 1. The van der Waals surface area contributed by atoms with Gasteiger partial charge in [0.2, 0.25) is 0 Å². The number of hydrogen-bond acceptors (Lipinski definition) is 4. The molecule has 1 fully saturated rings. The van der Waals surface area contributed by atoms with E-state index in [1.807, 2.05) is 31.5 Å². The normalized spacial score (nSPS) is 18.9. The summed E-state index contributed by atoms with van der Waals surface area (Å²) in [5, 5.41) is 6.62. The topological polar surface area (TPSA) is 58.6 Å². The second kappa shape index (κ2) is 7.13. The van der Waals surface area contributed by atoms with Crippen LogP contribution in [0.25, 0.3) is 0 Å². The lowest BCUT2D eigenvalue weighted by Crippen LogP contribution is -2.50. The van der Waals surface area contributed by atoms with E-state index in [0.29, 0.717) is 18.7 Å². The van der Waals surface area contributed by atoms with Gasteiger partial charge in [-0.1, -0.05) is 0 Å². The van der Waals surface area contributed by atoms with Gasteiger partial charge in [-0.3, -0.25) is 4.79 Å². The maximum atomic E-state index is 12.3. The molecule has 0 saturated carbocycles. The fourth-order valence-corrected chi connectivity index (χ4v) is 3.12. The average Bonchev–Trinajstić information content (AvgIpc) is 2.97. The molecule has 2 rings (SSSR count). The van der Waals surface area contributed by atoms with E-state index >= 15 is 0 Å². The van der Waals surface area contributed by atoms with Gasteiger partial charge in [0.05, 0.1) is 6.04 Å². The van der Waals surface area contributed by atoms with Crippen LogP contribution in [0, 0.1) is 0 Å². The van der Waals surface area contributed by atoms with Crippen molar-refractivity contribution in [1.82, 2.24) is 10.2 Å². The molecule has 1 aliphatic rings. The van der Waals surface area contributed by atoms with E-state index < -0.39 is 5.60 Å². The van der Waals surface area contributed by atoms with Gasteiger partial charge in [0.15, 0.2) is 0 Å². The van der Waals surface area contributed by atoms with Gasteiger partial charge in [-0.05, 0) is 51.5 Å². The molecule has 2 heterocycles. The van der Waals surface area contributed by atoms with Crippen LogP contribution in [0.1, 0.15) is 50.4 Å². The number of amides is 2. The molecule has 0 radical (unpaired) electrons. The van der Waals surface area contributed by atoms with Gasteiger partial charge < -0.3 is 15.0 Å². The highest BCUT2D eigenvalue weighted by atomic mass is 32.1. The third-order valence-electron chi connectivity index (χ3n) is 3.54. The van der Waals surface area contributed by atoms with Crippen molar-refractivity contribution in [3.05, 3.63) is 22.4 Å². The molecule has 5 nitrogen and oxygen atoms in total. The Morgan fingerprint density at radius 1 is 1.41 bits per heavy atom. The first kappa shape index (κ1) is 16.8. The minimum Gasteiger partial charge on any atom is -0.444 e. The Kier molecular flexibility index (Phi) is 5.45. The van der Waals surface area contributed by atoms with Crippen molar-refractivity contribution in [3.8, 4) is 0 Å². The van der Waals surface area contributed by atoms with E-state index in [0.717, 1.165) is 19.3 Å². The van der Waals surface area contributed by atoms with Crippen LogP contribution in [0.4, 0.5) is 4.79 Å². The lowest BCUT2D eigenvalue weighted by molar-refractivity contribution is 0.00986. The third kappa shape index (κ3) is 4.73. The predicted molar refractivity (Wildman–Crippen MR) is 87.2 cm³/mol. The van der Waals surface area contributed by atoms with Crippen LogP contribution < -0.4 is 5.32 Å². The SMILES string of the molecule is CC(C)(C)OC(=O)N1CCCC[C@H]1CNC(=O)c1ccsc1. The second-order valence-electron chi connectivity index (χ2n) is 6.55. The standard InChI is InChI=1S/C16H24N2O3S/c1-16(2,3)21-15(20)18-8-5-4-6-13(18)10-17-14(19)12-7-9-22-11-12/h7,9,11,13H,4-6,8,10H2,1-3H3,(H,17,19)/t13-/m0/s1. The number of rotatable bonds is 3. The van der Waals surface area contributed by atoms with Crippen molar-refractivity contribution in [1.29, 1.82) is 0 Å². The number of carbonyl (C=O) groups is 2. The van der Waals surface area contributed by atoms with Crippen LogP contribution in [0.15, 0.2) is 16.8 Å². The summed E-state index contributed by atoms with van der Waals surface area (Å²) in [4.78, 5) is 26.1. The van der Waals surface area contributed by atoms with Crippen LogP contribution in [-0.4, -0.2) is 41.6 Å². The number of nitrogens with zero attached hydrogens (tertiary/aromatic N) is 1. The van der Waals surface area contributed by atoms with Crippen molar-refractivity contribution in [3.63, 3.8) is 0 Å². The van der Waals surface area contributed by atoms with Gasteiger partial charge in [-0.15, -0.1) is 0 Å². The number of hydrogen-bond donors (Lipinski definition) is 1. The molecular formula is C16H24N2O3S. The Morgan fingerprint density at radius 2 is 2.18 bits per heavy atom. The van der Waals surface area contributed by atoms with Crippen molar-refractivity contribution >= 4 is 23.3 Å². The fourth-order valence-electron chi connectivity index (χ4n) is 2.48. The molecule has 0 spiro atoms. The van der Waals surface area contributed by atoms with Crippen LogP contribution in [0.2, 0.25) is 0 Å². The summed E-state index contributed by atoms with van der Waals surface area (Å²) < 4.78 is 5.46. The molecule has 0 bridgehead atoms. The van der Waals surface area contributed by atoms with Crippen molar-refractivity contribution in [2.75, 3.05) is 13.1 Å². The highest BCUT2D eigenvalue weighted by Crippen LogP contribution is 2.20. The zero-order chi connectivity index (χ0) is 16.2. The molecule has 0 aliphatic carbocycles. The Hall–Kier alpha value is -1.56. The van der Waals surface area contributed by atoms with Gasteiger partial charge in [0, 0.05) is 24.0 Å². The van der Waals surface area contributed by atoms with E-state index in [9.17, 15) is 9.59 Å². The first-order valence-electron chi connectivity index (χ1n) is 7.67. The quantitative estimate of drug-likeness (QED) is 0.928. The molecule has 2 amide bonds. The number of nitrogens with one attached hydrogen (secondary N) is 1. The average molecular weight is 324 g/mol. The highest BCUT2D eigenvalue weighted by molar-refractivity contribution is 7.08. The fraction of sp³-hybridized carbons (Fsp3) is 0.625. The van der Waals surface area contributed by atoms with E-state index in [2.05, 4.69) is 5.32 Å². The minimum absolute atomic E-state index is 0.00573. The Bertz CT molecular complexity index is 508. The number of carbonyl (C=O) groups excluding carboxylic acids is 2. The molecule has 0 unspecified atom stereocenters. The monoisotopic (exact) mass is 324 g/mol. The lowest BCUT2D eigenvalue weighted by Gasteiger charge is -2.36. The lowest BCUT2D eigenvalue weighted by atomic mass is 10.0. The van der Waals surface area contributed by atoms with E-state index in [1.165, 1.54) is 11.3 Å². The van der Waals surface area contributed by atoms with Crippen molar-refractivity contribution in [2.24, 2.45) is 0 Å². The summed E-state index contributed by atoms with van der Waals surface area (Å²) in [5.41, 5.74) is 0.170. The zero-order valence-electron chi connectivity index (χ0n) is 13.4. The molecule has 0 aromatic carbocycles. The first-order valence-corrected chi connectivity index (χ1v) is 8.61. The summed E-state index contributed by atoms with van der Waals surface area (Å²) in [6, 6.07) is 1.80. The molecular weight excluding hydrogens is 300 g/mol. The summed E-state index contributed by atoms with van der Waals surface area (Å²) in [7, 11) is 0. The number of piperidine rings is 1. The van der Waals surface area contributed by atoms with E-state index in [4.69, 9.17) is 4.74 Å². The minimum atomic E-state index is -0.501. The number of thiophene rings is 1. The van der Waals surface area contributed by atoms with Gasteiger partial charge in [0.25, 0.3) is 5.91 Å². The Labute approximate surface area is 135 Å². The maximum absolute atomic E-state index is 12.3. The van der Waals surface area contributed by atoms with Crippen LogP contribution in [-0.2, 0) is 4.74 Å². The van der Waals surface area contributed by atoms with Gasteiger partial charge in [0.1, 0.15) is 5.60 Å². The summed E-state index contributed by atoms with van der Waals surface area (Å²) in [6.45, 7) is 6.74. The van der Waals surface area contributed by atoms with Gasteiger partial charge >= 0.3 is 6.09 Å². The van der Waals surface area contributed by atoms with Crippen molar-refractivity contribution < 1.29 is 14.3 Å². The van der Waals surface area contributed by atoms with E-state index in [-0.39, 0.29) is 18.0 Å². The van der Waals surface area contributed by atoms with Crippen LogP contribution in [0.3, 0.4) is 0 Å². The smallest absolute Gasteiger partial charge is 0.410 e. The molecule has 1 N–H and O–H groups in total. The van der Waals surface area contributed by atoms with Crippen LogP contribution >= 0.6 is 11.3 Å². The Morgan fingerprint density at radius 3 is 2.82 bits per heavy atom. The van der Waals surface area contributed by atoms with Gasteiger partial charge in [-0.2, -0.15) is 11.3 Å². The molecule has 6 heteroatoms. The largest absolute Gasteiger partial charge is 0.444 e. The molecule has 1 aromatic heterocycles. The maximum Gasteiger partial charge on any atom is 0.410 e. The number of likely N-dealkylation sites (tertiary alicyclic amines) is 1.